The molecule has 1 unspecified atom stereocenters. The van der Waals surface area contributed by atoms with Gasteiger partial charge in [-0.3, -0.25) is 4.79 Å². The average molecular weight is 337 g/mol. The molecule has 2 aromatic carbocycles. The van der Waals surface area contributed by atoms with Crippen LogP contribution in [0.1, 0.15) is 22.8 Å². The molecule has 0 radical (unpaired) electrons. The van der Waals surface area contributed by atoms with Gasteiger partial charge in [-0.25, -0.2) is 0 Å². The number of benzene rings is 2. The maximum Gasteiger partial charge on any atom is 0.191 e. The largest absolute Gasteiger partial charge is 0.305 e. The van der Waals surface area contributed by atoms with Crippen LogP contribution in [0.25, 0.3) is 11.4 Å². The van der Waals surface area contributed by atoms with Crippen molar-refractivity contribution in [1.29, 1.82) is 0 Å². The molecule has 0 saturated heterocycles. The van der Waals surface area contributed by atoms with Gasteiger partial charge in [-0.15, -0.1) is 10.2 Å². The Kier molecular flexibility index (Phi) is 4.81. The molecule has 122 valence electrons. The minimum atomic E-state index is -0.222. The Morgan fingerprint density at radius 2 is 1.71 bits per heavy atom. The summed E-state index contributed by atoms with van der Waals surface area (Å²) in [5.74, 6) is 0.913. The summed E-state index contributed by atoms with van der Waals surface area (Å²) >= 11 is 1.43. The molecule has 0 bridgehead atoms. The number of hydrogen-bond donors (Lipinski definition) is 0. The van der Waals surface area contributed by atoms with E-state index in [1.165, 1.54) is 11.8 Å². The Labute approximate surface area is 145 Å². The third kappa shape index (κ3) is 3.26. The maximum atomic E-state index is 12.5. The second kappa shape index (κ2) is 7.01. The molecule has 0 fully saturated rings. The smallest absolute Gasteiger partial charge is 0.191 e. The first-order chi connectivity index (χ1) is 11.6. The van der Waals surface area contributed by atoms with Crippen molar-refractivity contribution in [3.63, 3.8) is 0 Å². The van der Waals surface area contributed by atoms with Gasteiger partial charge in [0, 0.05) is 18.2 Å². The predicted octanol–water partition coefficient (Wildman–Crippen LogP) is 4.15. The Balaban J connectivity index is 1.82. The SMILES string of the molecule is Cc1ccccc1-c1nnc(SC(C)C(=O)c2ccccc2)n1C. The molecule has 4 nitrogen and oxygen atoms in total. The van der Waals surface area contributed by atoms with Gasteiger partial charge in [0.05, 0.1) is 5.25 Å². The van der Waals surface area contributed by atoms with E-state index in [-0.39, 0.29) is 11.0 Å². The molecule has 0 aliphatic rings. The molecule has 0 N–H and O–H groups in total. The monoisotopic (exact) mass is 337 g/mol. The zero-order valence-electron chi connectivity index (χ0n) is 13.9. The number of carbonyl (C=O) groups is 1. The second-order valence-electron chi connectivity index (χ2n) is 5.67. The first-order valence-electron chi connectivity index (χ1n) is 7.79. The molecule has 0 aliphatic carbocycles. The summed E-state index contributed by atoms with van der Waals surface area (Å²) in [5, 5.41) is 9.10. The summed E-state index contributed by atoms with van der Waals surface area (Å²) < 4.78 is 1.95. The number of hydrogen-bond acceptors (Lipinski definition) is 4. The van der Waals surface area contributed by atoms with E-state index in [4.69, 9.17) is 0 Å². The molecular weight excluding hydrogens is 318 g/mol. The van der Waals surface area contributed by atoms with E-state index in [1.54, 1.807) is 0 Å². The third-order valence-corrected chi connectivity index (χ3v) is 5.06. The lowest BCUT2D eigenvalue weighted by Crippen LogP contribution is -2.14. The van der Waals surface area contributed by atoms with E-state index < -0.39 is 0 Å². The van der Waals surface area contributed by atoms with Gasteiger partial charge in [0.15, 0.2) is 16.8 Å². The zero-order chi connectivity index (χ0) is 17.1. The average Bonchev–Trinajstić information content (AvgIpc) is 2.96. The Hall–Kier alpha value is -2.40. The Morgan fingerprint density at radius 3 is 2.42 bits per heavy atom. The summed E-state index contributed by atoms with van der Waals surface area (Å²) in [6.45, 7) is 3.96. The molecule has 0 spiro atoms. The summed E-state index contributed by atoms with van der Waals surface area (Å²) in [4.78, 5) is 12.5. The van der Waals surface area contributed by atoms with E-state index in [9.17, 15) is 4.79 Å². The van der Waals surface area contributed by atoms with Crippen LogP contribution in [0.5, 0.6) is 0 Å². The van der Waals surface area contributed by atoms with Crippen molar-refractivity contribution in [2.45, 2.75) is 24.3 Å². The van der Waals surface area contributed by atoms with E-state index in [2.05, 4.69) is 23.2 Å². The van der Waals surface area contributed by atoms with Crippen LogP contribution in [-0.4, -0.2) is 25.8 Å². The van der Waals surface area contributed by atoms with Gasteiger partial charge in [-0.05, 0) is 19.4 Å². The minimum Gasteiger partial charge on any atom is -0.305 e. The van der Waals surface area contributed by atoms with E-state index in [1.807, 2.05) is 67.1 Å². The summed E-state index contributed by atoms with van der Waals surface area (Å²) in [7, 11) is 1.93. The first-order valence-corrected chi connectivity index (χ1v) is 8.67. The molecule has 1 heterocycles. The number of thioether (sulfide) groups is 1. The summed E-state index contributed by atoms with van der Waals surface area (Å²) in [5.41, 5.74) is 2.93. The number of aryl methyl sites for hydroxylation is 1. The highest BCUT2D eigenvalue weighted by atomic mass is 32.2. The molecule has 0 aliphatic heterocycles. The highest BCUT2D eigenvalue weighted by Gasteiger charge is 2.20. The van der Waals surface area contributed by atoms with Crippen molar-refractivity contribution in [2.75, 3.05) is 0 Å². The molecule has 3 rings (SSSR count). The van der Waals surface area contributed by atoms with Crippen LogP contribution in [0.3, 0.4) is 0 Å². The van der Waals surface area contributed by atoms with Crippen LogP contribution in [0.4, 0.5) is 0 Å². The number of carbonyl (C=O) groups excluding carboxylic acids is 1. The fraction of sp³-hybridized carbons (Fsp3) is 0.211. The minimum absolute atomic E-state index is 0.0982. The summed E-state index contributed by atoms with van der Waals surface area (Å²) in [6, 6.07) is 17.4. The maximum absolute atomic E-state index is 12.5. The standard InChI is InChI=1S/C19H19N3OS/c1-13-9-7-8-12-16(13)18-20-21-19(22(18)3)24-14(2)17(23)15-10-5-4-6-11-15/h4-12,14H,1-3H3. The van der Waals surface area contributed by atoms with Gasteiger partial charge in [-0.2, -0.15) is 0 Å². The van der Waals surface area contributed by atoms with Gasteiger partial charge in [0.2, 0.25) is 0 Å². The predicted molar refractivity (Wildman–Crippen MR) is 97.3 cm³/mol. The molecule has 3 aromatic rings. The fourth-order valence-corrected chi connectivity index (χ4v) is 3.42. The Morgan fingerprint density at radius 1 is 1.04 bits per heavy atom. The Bertz CT molecular complexity index is 858. The highest BCUT2D eigenvalue weighted by molar-refractivity contribution is 8.00. The normalized spacial score (nSPS) is 12.1. The number of nitrogens with zero attached hydrogens (tertiary/aromatic N) is 3. The molecule has 24 heavy (non-hydrogen) atoms. The molecule has 0 saturated carbocycles. The lowest BCUT2D eigenvalue weighted by Gasteiger charge is -2.10. The third-order valence-electron chi connectivity index (χ3n) is 3.93. The molecule has 1 aromatic heterocycles. The number of aromatic nitrogens is 3. The quantitative estimate of drug-likeness (QED) is 0.518. The molecule has 1 atom stereocenters. The number of rotatable bonds is 5. The molecule has 5 heteroatoms. The van der Waals surface area contributed by atoms with Crippen LogP contribution in [0.15, 0.2) is 59.8 Å². The van der Waals surface area contributed by atoms with Crippen LogP contribution < -0.4 is 0 Å². The van der Waals surface area contributed by atoms with Crippen molar-refractivity contribution in [1.82, 2.24) is 14.8 Å². The fourth-order valence-electron chi connectivity index (χ4n) is 2.52. The van der Waals surface area contributed by atoms with Crippen LogP contribution in [-0.2, 0) is 7.05 Å². The van der Waals surface area contributed by atoms with Gasteiger partial charge in [0.1, 0.15) is 0 Å². The zero-order valence-corrected chi connectivity index (χ0v) is 14.7. The lowest BCUT2D eigenvalue weighted by atomic mass is 10.1. The van der Waals surface area contributed by atoms with Gasteiger partial charge in [0.25, 0.3) is 0 Å². The van der Waals surface area contributed by atoms with Crippen molar-refractivity contribution < 1.29 is 4.79 Å². The van der Waals surface area contributed by atoms with Crippen LogP contribution in [0, 0.1) is 6.92 Å². The van der Waals surface area contributed by atoms with Gasteiger partial charge in [-0.1, -0.05) is 66.4 Å². The molecule has 0 amide bonds. The van der Waals surface area contributed by atoms with Gasteiger partial charge >= 0.3 is 0 Å². The molecular formula is C19H19N3OS. The second-order valence-corrected chi connectivity index (χ2v) is 6.98. The first kappa shape index (κ1) is 16.5. The van der Waals surface area contributed by atoms with Crippen molar-refractivity contribution in [2.24, 2.45) is 7.05 Å². The summed E-state index contributed by atoms with van der Waals surface area (Å²) in [6.07, 6.45) is 0. The van der Waals surface area contributed by atoms with E-state index in [0.717, 1.165) is 27.7 Å². The topological polar surface area (TPSA) is 47.8 Å². The van der Waals surface area contributed by atoms with E-state index >= 15 is 0 Å². The van der Waals surface area contributed by atoms with Crippen molar-refractivity contribution in [3.05, 3.63) is 65.7 Å². The van der Waals surface area contributed by atoms with Crippen LogP contribution in [0.2, 0.25) is 0 Å². The van der Waals surface area contributed by atoms with Gasteiger partial charge < -0.3 is 4.57 Å². The van der Waals surface area contributed by atoms with Crippen molar-refractivity contribution >= 4 is 17.5 Å². The number of ketones is 1. The lowest BCUT2D eigenvalue weighted by molar-refractivity contribution is 0.0994. The van der Waals surface area contributed by atoms with Crippen LogP contribution >= 0.6 is 11.8 Å². The highest BCUT2D eigenvalue weighted by Crippen LogP contribution is 2.28. The van der Waals surface area contributed by atoms with E-state index in [0.29, 0.717) is 0 Å². The number of Topliss-reactive ketones (excluding diaryl/α,β-unsaturated/α-hetero) is 1. The van der Waals surface area contributed by atoms with Crippen molar-refractivity contribution in [3.8, 4) is 11.4 Å².